The fourth-order valence-corrected chi connectivity index (χ4v) is 1.62. The Morgan fingerprint density at radius 3 is 2.88 bits per heavy atom. The Balaban J connectivity index is 2.54. The van der Waals surface area contributed by atoms with E-state index in [1.165, 1.54) is 0 Å². The van der Waals surface area contributed by atoms with Crippen LogP contribution >= 0.6 is 15.9 Å². The van der Waals surface area contributed by atoms with Gasteiger partial charge in [-0.3, -0.25) is 0 Å². The Kier molecular flexibility index (Phi) is 5.48. The lowest BCUT2D eigenvalue weighted by Crippen LogP contribution is -2.23. The van der Waals surface area contributed by atoms with E-state index in [0.717, 1.165) is 17.6 Å². The van der Waals surface area contributed by atoms with Gasteiger partial charge < -0.3 is 15.4 Å². The van der Waals surface area contributed by atoms with E-state index in [0.29, 0.717) is 17.7 Å². The summed E-state index contributed by atoms with van der Waals surface area (Å²) in [5.41, 5.74) is 0. The van der Waals surface area contributed by atoms with Crippen molar-refractivity contribution < 1.29 is 4.74 Å². The first-order valence-corrected chi connectivity index (χ1v) is 5.91. The van der Waals surface area contributed by atoms with Crippen LogP contribution in [0, 0.1) is 5.92 Å². The third kappa shape index (κ3) is 3.94. The molecule has 1 unspecified atom stereocenters. The molecule has 0 saturated carbocycles. The van der Waals surface area contributed by atoms with Gasteiger partial charge in [0.05, 0.1) is 17.8 Å². The number of aromatic nitrogens is 2. The second-order valence-electron chi connectivity index (χ2n) is 3.59. The molecule has 0 amide bonds. The Labute approximate surface area is 104 Å². The van der Waals surface area contributed by atoms with E-state index < -0.39 is 0 Å². The van der Waals surface area contributed by atoms with Crippen LogP contribution in [0.3, 0.4) is 0 Å². The first-order valence-electron chi connectivity index (χ1n) is 5.12. The van der Waals surface area contributed by atoms with Gasteiger partial charge in [-0.1, -0.05) is 6.92 Å². The predicted octanol–water partition coefficient (Wildman–Crippen LogP) is 1.52. The van der Waals surface area contributed by atoms with E-state index in [1.54, 1.807) is 13.3 Å². The zero-order valence-corrected chi connectivity index (χ0v) is 11.3. The molecular weight excluding hydrogens is 272 g/mol. The molecule has 1 aromatic rings. The molecule has 2 N–H and O–H groups in total. The third-order valence-corrected chi connectivity index (χ3v) is 2.61. The van der Waals surface area contributed by atoms with Gasteiger partial charge in [-0.2, -0.15) is 4.98 Å². The highest BCUT2D eigenvalue weighted by Crippen LogP contribution is 2.21. The summed E-state index contributed by atoms with van der Waals surface area (Å²) < 4.78 is 5.84. The fraction of sp³-hybridized carbons (Fsp3) is 0.600. The van der Waals surface area contributed by atoms with Crippen molar-refractivity contribution in [2.75, 3.05) is 32.6 Å². The molecule has 0 aliphatic heterocycles. The summed E-state index contributed by atoms with van der Waals surface area (Å²) in [5, 5.41) is 6.29. The Morgan fingerprint density at radius 2 is 2.25 bits per heavy atom. The summed E-state index contributed by atoms with van der Waals surface area (Å²) >= 11 is 3.31. The predicted molar refractivity (Wildman–Crippen MR) is 67.9 cm³/mol. The fourth-order valence-electron chi connectivity index (χ4n) is 1.27. The maximum atomic E-state index is 5.09. The van der Waals surface area contributed by atoms with Crippen LogP contribution in [0.4, 0.5) is 5.95 Å². The molecule has 5 nitrogen and oxygen atoms in total. The molecule has 1 heterocycles. The van der Waals surface area contributed by atoms with Crippen molar-refractivity contribution in [3.63, 3.8) is 0 Å². The summed E-state index contributed by atoms with van der Waals surface area (Å²) in [4.78, 5) is 8.36. The van der Waals surface area contributed by atoms with E-state index in [2.05, 4.69) is 43.5 Å². The second-order valence-corrected chi connectivity index (χ2v) is 4.45. The molecule has 1 atom stereocenters. The Bertz CT molecular complexity index is 335. The normalized spacial score (nSPS) is 12.2. The topological polar surface area (TPSA) is 59.1 Å². The lowest BCUT2D eigenvalue weighted by molar-refractivity contribution is 0.394. The minimum Gasteiger partial charge on any atom is -0.480 e. The molecule has 6 heteroatoms. The molecule has 1 aromatic heterocycles. The highest BCUT2D eigenvalue weighted by molar-refractivity contribution is 9.10. The first kappa shape index (κ1) is 13.2. The lowest BCUT2D eigenvalue weighted by Gasteiger charge is -2.12. The Morgan fingerprint density at radius 1 is 1.50 bits per heavy atom. The van der Waals surface area contributed by atoms with E-state index in [1.807, 2.05) is 7.05 Å². The van der Waals surface area contributed by atoms with Gasteiger partial charge in [-0.25, -0.2) is 4.98 Å². The van der Waals surface area contributed by atoms with Crippen LogP contribution < -0.4 is 15.4 Å². The van der Waals surface area contributed by atoms with Crippen molar-refractivity contribution in [1.82, 2.24) is 15.3 Å². The smallest absolute Gasteiger partial charge is 0.232 e. The number of hydrogen-bond acceptors (Lipinski definition) is 5. The van der Waals surface area contributed by atoms with Crippen molar-refractivity contribution in [1.29, 1.82) is 0 Å². The van der Waals surface area contributed by atoms with Crippen LogP contribution in [0.15, 0.2) is 10.7 Å². The number of halogens is 1. The van der Waals surface area contributed by atoms with Crippen molar-refractivity contribution >= 4 is 21.9 Å². The van der Waals surface area contributed by atoms with Gasteiger partial charge in [0, 0.05) is 6.54 Å². The van der Waals surface area contributed by atoms with Gasteiger partial charge in [-0.15, -0.1) is 0 Å². The number of nitrogens with one attached hydrogen (secondary N) is 2. The van der Waals surface area contributed by atoms with Gasteiger partial charge >= 0.3 is 0 Å². The molecule has 0 bridgehead atoms. The molecule has 0 aliphatic rings. The quantitative estimate of drug-likeness (QED) is 0.831. The summed E-state index contributed by atoms with van der Waals surface area (Å²) in [5.74, 6) is 1.64. The molecule has 0 aliphatic carbocycles. The summed E-state index contributed by atoms with van der Waals surface area (Å²) in [6.45, 7) is 3.94. The highest BCUT2D eigenvalue weighted by atomic mass is 79.9. The SMILES string of the molecule is CNCC(C)CNc1ncc(Br)c(OC)n1. The minimum atomic E-state index is 0.517. The number of anilines is 1. The van der Waals surface area contributed by atoms with Crippen LogP contribution in [0.5, 0.6) is 5.88 Å². The van der Waals surface area contributed by atoms with Crippen molar-refractivity contribution in [2.45, 2.75) is 6.92 Å². The van der Waals surface area contributed by atoms with Crippen molar-refractivity contribution in [3.8, 4) is 5.88 Å². The average Bonchev–Trinajstić information content (AvgIpc) is 2.28. The van der Waals surface area contributed by atoms with Crippen LogP contribution in [-0.4, -0.2) is 37.2 Å². The monoisotopic (exact) mass is 288 g/mol. The van der Waals surface area contributed by atoms with Gasteiger partial charge in [0.2, 0.25) is 11.8 Å². The van der Waals surface area contributed by atoms with Crippen LogP contribution in [0.2, 0.25) is 0 Å². The standard InChI is InChI=1S/C10H17BrN4O/c1-7(4-12-2)5-13-10-14-6-8(11)9(15-10)16-3/h6-7,12H,4-5H2,1-3H3,(H,13,14,15). The minimum absolute atomic E-state index is 0.517. The van der Waals surface area contributed by atoms with Crippen LogP contribution in [0.25, 0.3) is 0 Å². The van der Waals surface area contributed by atoms with Crippen LogP contribution in [0.1, 0.15) is 6.92 Å². The van der Waals surface area contributed by atoms with Gasteiger partial charge in [-0.05, 0) is 35.4 Å². The number of ether oxygens (including phenoxy) is 1. The first-order chi connectivity index (χ1) is 7.67. The number of nitrogens with zero attached hydrogens (tertiary/aromatic N) is 2. The number of methoxy groups -OCH3 is 1. The van der Waals surface area contributed by atoms with Crippen molar-refractivity contribution in [2.24, 2.45) is 5.92 Å². The molecule has 1 rings (SSSR count). The molecule has 0 fully saturated rings. The van der Waals surface area contributed by atoms with Crippen molar-refractivity contribution in [3.05, 3.63) is 10.7 Å². The van der Waals surface area contributed by atoms with E-state index in [9.17, 15) is 0 Å². The van der Waals surface area contributed by atoms with Gasteiger partial charge in [0.25, 0.3) is 0 Å². The summed E-state index contributed by atoms with van der Waals surface area (Å²) in [6, 6.07) is 0. The van der Waals surface area contributed by atoms with E-state index in [4.69, 9.17) is 4.74 Å². The van der Waals surface area contributed by atoms with Crippen LogP contribution in [-0.2, 0) is 0 Å². The highest BCUT2D eigenvalue weighted by Gasteiger charge is 2.06. The Hall–Kier alpha value is -0.880. The molecule has 0 radical (unpaired) electrons. The number of hydrogen-bond donors (Lipinski definition) is 2. The zero-order chi connectivity index (χ0) is 12.0. The van der Waals surface area contributed by atoms with E-state index in [-0.39, 0.29) is 0 Å². The largest absolute Gasteiger partial charge is 0.480 e. The molecule has 0 saturated heterocycles. The zero-order valence-electron chi connectivity index (χ0n) is 9.75. The molecule has 0 aromatic carbocycles. The molecule has 90 valence electrons. The molecular formula is C10H17BrN4O. The third-order valence-electron chi connectivity index (χ3n) is 2.07. The van der Waals surface area contributed by atoms with Gasteiger partial charge in [0.15, 0.2) is 0 Å². The second kappa shape index (κ2) is 6.65. The van der Waals surface area contributed by atoms with E-state index >= 15 is 0 Å². The molecule has 16 heavy (non-hydrogen) atoms. The average molecular weight is 289 g/mol. The maximum Gasteiger partial charge on any atom is 0.232 e. The number of rotatable bonds is 6. The summed E-state index contributed by atoms with van der Waals surface area (Å²) in [7, 11) is 3.52. The summed E-state index contributed by atoms with van der Waals surface area (Å²) in [6.07, 6.45) is 1.68. The lowest BCUT2D eigenvalue weighted by atomic mass is 10.2. The maximum absolute atomic E-state index is 5.09. The molecule has 0 spiro atoms. The van der Waals surface area contributed by atoms with Gasteiger partial charge in [0.1, 0.15) is 0 Å².